The van der Waals surface area contributed by atoms with Crippen LogP contribution in [0.4, 0.5) is 13.2 Å². The van der Waals surface area contributed by atoms with Crippen molar-refractivity contribution in [3.8, 4) is 5.75 Å². The van der Waals surface area contributed by atoms with Crippen LogP contribution in [0.2, 0.25) is 0 Å². The van der Waals surface area contributed by atoms with Gasteiger partial charge in [0.05, 0.1) is 30.6 Å². The van der Waals surface area contributed by atoms with Crippen LogP contribution >= 0.6 is 0 Å². The number of carbonyl (C=O) groups excluding carboxylic acids is 1. The number of carbonyl (C=O) groups is 2. The summed E-state index contributed by atoms with van der Waals surface area (Å²) < 4.78 is 49.1. The molecule has 2 atom stereocenters. The summed E-state index contributed by atoms with van der Waals surface area (Å²) in [5, 5.41) is 7.12. The first-order valence-corrected chi connectivity index (χ1v) is 9.80. The van der Waals surface area contributed by atoms with Crippen LogP contribution in [0.15, 0.2) is 35.3 Å². The highest BCUT2D eigenvalue weighted by atomic mass is 19.4. The predicted molar refractivity (Wildman–Crippen MR) is 102 cm³/mol. The normalized spacial score (nSPS) is 22.9. The Morgan fingerprint density at radius 3 is 2.72 bits per heavy atom. The van der Waals surface area contributed by atoms with Crippen molar-refractivity contribution in [1.82, 2.24) is 14.9 Å². The smallest absolute Gasteiger partial charge is 0.486 e. The van der Waals surface area contributed by atoms with E-state index < -0.39 is 12.1 Å². The number of amides is 1. The fraction of sp³-hybridized carbons (Fsp3) is 0.500. The zero-order valence-corrected chi connectivity index (χ0v) is 17.2. The first-order valence-electron chi connectivity index (χ1n) is 9.80. The number of nitrogens with zero attached hydrogens (tertiary/aromatic N) is 3. The van der Waals surface area contributed by atoms with E-state index in [0.717, 1.165) is 25.0 Å². The van der Waals surface area contributed by atoms with Gasteiger partial charge in [-0.2, -0.15) is 13.2 Å². The summed E-state index contributed by atoms with van der Waals surface area (Å²) in [4.78, 5) is 31.5. The van der Waals surface area contributed by atoms with E-state index in [2.05, 4.69) is 9.97 Å². The molecule has 0 aromatic carbocycles. The summed E-state index contributed by atoms with van der Waals surface area (Å²) in [5.41, 5.74) is 0.282. The number of hydrogen-bond acceptors (Lipinski definition) is 7. The lowest BCUT2D eigenvalue weighted by Gasteiger charge is -2.39. The Labute approximate surface area is 181 Å². The maximum Gasteiger partial charge on any atom is 0.490 e. The second-order valence-electron chi connectivity index (χ2n) is 7.53. The molecule has 0 saturated carbocycles. The van der Waals surface area contributed by atoms with Crippen molar-refractivity contribution in [2.24, 2.45) is 0 Å². The van der Waals surface area contributed by atoms with Crippen molar-refractivity contribution in [2.45, 2.75) is 44.1 Å². The number of alkyl halides is 3. The number of aliphatic carboxylic acids is 1. The summed E-state index contributed by atoms with van der Waals surface area (Å²) >= 11 is 0. The molecule has 1 amide bonds. The molecule has 174 valence electrons. The van der Waals surface area contributed by atoms with E-state index in [4.69, 9.17) is 23.8 Å². The summed E-state index contributed by atoms with van der Waals surface area (Å²) in [6.45, 7) is 3.57. The molecule has 2 aromatic rings. The van der Waals surface area contributed by atoms with Crippen molar-refractivity contribution in [1.29, 1.82) is 0 Å². The number of hydrogen-bond donors (Lipinski definition) is 1. The molecule has 0 aliphatic carbocycles. The van der Waals surface area contributed by atoms with Crippen LogP contribution in [0, 0.1) is 6.92 Å². The standard InChI is InChI=1S/C18H21N3O4.C2HF3O2/c1-13-16(23-12-20-13)17(22)21-7-3-5-18(11-21)8-15(10-24-18)25-14-4-2-6-19-9-14;3-2(4,5)1(6)7/h2,4,6,9,12,15H,3,5,7-8,10-11H2,1H3;(H,6,7)/t15-,18-;/m0./s1. The second-order valence-corrected chi connectivity index (χ2v) is 7.53. The summed E-state index contributed by atoms with van der Waals surface area (Å²) in [7, 11) is 0. The molecule has 1 spiro atoms. The Kier molecular flexibility index (Phi) is 7.02. The molecule has 0 bridgehead atoms. The fourth-order valence-electron chi connectivity index (χ4n) is 3.69. The molecule has 0 radical (unpaired) electrons. The molecule has 2 fully saturated rings. The molecule has 2 saturated heterocycles. The van der Waals surface area contributed by atoms with Crippen LogP contribution in [0.25, 0.3) is 0 Å². The first kappa shape index (κ1) is 23.5. The number of oxazole rings is 1. The SMILES string of the molecule is Cc1ncoc1C(=O)N1CCC[C@]2(C[C@H](Oc3cccnc3)CO2)C1.O=C(O)C(F)(F)F. The molecule has 2 aromatic heterocycles. The van der Waals surface area contributed by atoms with E-state index in [1.165, 1.54) is 6.39 Å². The van der Waals surface area contributed by atoms with Crippen LogP contribution in [0.5, 0.6) is 5.75 Å². The second kappa shape index (κ2) is 9.55. The molecule has 2 aliphatic heterocycles. The largest absolute Gasteiger partial charge is 0.490 e. The van der Waals surface area contributed by atoms with E-state index in [0.29, 0.717) is 31.2 Å². The minimum Gasteiger partial charge on any atom is -0.486 e. The Morgan fingerprint density at radius 1 is 1.38 bits per heavy atom. The van der Waals surface area contributed by atoms with Crippen LogP contribution < -0.4 is 4.74 Å². The van der Waals surface area contributed by atoms with Gasteiger partial charge in [0.1, 0.15) is 11.9 Å². The quantitative estimate of drug-likeness (QED) is 0.748. The van der Waals surface area contributed by atoms with Crippen LogP contribution in [0.3, 0.4) is 0 Å². The predicted octanol–water partition coefficient (Wildman–Crippen LogP) is 2.85. The average Bonchev–Trinajstić information content (AvgIpc) is 3.34. The van der Waals surface area contributed by atoms with E-state index in [1.54, 1.807) is 19.3 Å². The van der Waals surface area contributed by atoms with Gasteiger partial charge in [-0.15, -0.1) is 0 Å². The number of carboxylic acids is 1. The van der Waals surface area contributed by atoms with Gasteiger partial charge in [-0.25, -0.2) is 9.78 Å². The van der Waals surface area contributed by atoms with Gasteiger partial charge in [0.15, 0.2) is 6.39 Å². The van der Waals surface area contributed by atoms with Gasteiger partial charge >= 0.3 is 12.1 Å². The van der Waals surface area contributed by atoms with Crippen molar-refractivity contribution in [2.75, 3.05) is 19.7 Å². The molecule has 2 aliphatic rings. The highest BCUT2D eigenvalue weighted by molar-refractivity contribution is 5.92. The van der Waals surface area contributed by atoms with Crippen LogP contribution in [-0.2, 0) is 9.53 Å². The van der Waals surface area contributed by atoms with Crippen molar-refractivity contribution >= 4 is 11.9 Å². The number of carboxylic acid groups (broad SMARTS) is 1. The Balaban J connectivity index is 0.000000360. The molecule has 32 heavy (non-hydrogen) atoms. The molecule has 12 heteroatoms. The van der Waals surface area contributed by atoms with Gasteiger partial charge in [-0.1, -0.05) is 0 Å². The van der Waals surface area contributed by atoms with Gasteiger partial charge in [-0.05, 0) is 31.9 Å². The zero-order valence-electron chi connectivity index (χ0n) is 17.2. The number of ether oxygens (including phenoxy) is 2. The monoisotopic (exact) mass is 457 g/mol. The number of aromatic nitrogens is 2. The van der Waals surface area contributed by atoms with Crippen molar-refractivity contribution in [3.63, 3.8) is 0 Å². The minimum absolute atomic E-state index is 0.0220. The lowest BCUT2D eigenvalue weighted by Crippen LogP contribution is -2.50. The summed E-state index contributed by atoms with van der Waals surface area (Å²) in [6, 6.07) is 3.74. The fourth-order valence-corrected chi connectivity index (χ4v) is 3.69. The molecular formula is C20H22F3N3O6. The number of halogens is 3. The highest BCUT2D eigenvalue weighted by Gasteiger charge is 2.46. The molecule has 1 N–H and O–H groups in total. The molecule has 0 unspecified atom stereocenters. The maximum absolute atomic E-state index is 12.7. The summed E-state index contributed by atoms with van der Waals surface area (Å²) in [6.07, 6.45) is 2.22. The van der Waals surface area contributed by atoms with Gasteiger partial charge in [0.25, 0.3) is 5.91 Å². The zero-order chi connectivity index (χ0) is 23.4. The maximum atomic E-state index is 12.7. The number of rotatable bonds is 3. The average molecular weight is 457 g/mol. The van der Waals surface area contributed by atoms with Gasteiger partial charge in [0.2, 0.25) is 5.76 Å². The van der Waals surface area contributed by atoms with Crippen LogP contribution in [0.1, 0.15) is 35.5 Å². The molecule has 4 heterocycles. The van der Waals surface area contributed by atoms with E-state index in [-0.39, 0.29) is 17.6 Å². The van der Waals surface area contributed by atoms with Gasteiger partial charge in [-0.3, -0.25) is 9.78 Å². The topological polar surface area (TPSA) is 115 Å². The summed E-state index contributed by atoms with van der Waals surface area (Å²) in [5.74, 6) is -1.81. The minimum atomic E-state index is -5.08. The lowest BCUT2D eigenvalue weighted by atomic mass is 9.89. The molecular weight excluding hydrogens is 435 g/mol. The molecule has 9 nitrogen and oxygen atoms in total. The number of likely N-dealkylation sites (tertiary alicyclic amines) is 1. The third-order valence-corrected chi connectivity index (χ3v) is 5.12. The number of piperidine rings is 1. The van der Waals surface area contributed by atoms with Crippen LogP contribution in [-0.4, -0.2) is 69.4 Å². The van der Waals surface area contributed by atoms with E-state index in [9.17, 15) is 18.0 Å². The van der Waals surface area contributed by atoms with Gasteiger partial charge in [0, 0.05) is 19.2 Å². The van der Waals surface area contributed by atoms with Gasteiger partial charge < -0.3 is 23.9 Å². The Bertz CT molecular complexity index is 936. The number of aryl methyl sites for hydroxylation is 1. The Hall–Kier alpha value is -3.15. The van der Waals surface area contributed by atoms with E-state index in [1.807, 2.05) is 17.0 Å². The number of pyridine rings is 1. The molecule has 4 rings (SSSR count). The highest BCUT2D eigenvalue weighted by Crippen LogP contribution is 2.36. The van der Waals surface area contributed by atoms with Crippen molar-refractivity contribution in [3.05, 3.63) is 42.4 Å². The van der Waals surface area contributed by atoms with E-state index >= 15 is 0 Å². The lowest BCUT2D eigenvalue weighted by molar-refractivity contribution is -0.192. The first-order chi connectivity index (χ1) is 15.1. The third-order valence-electron chi connectivity index (χ3n) is 5.12. The third kappa shape index (κ3) is 5.75. The Morgan fingerprint density at radius 2 is 2.12 bits per heavy atom. The van der Waals surface area contributed by atoms with Crippen molar-refractivity contribution < 1.29 is 41.8 Å².